The van der Waals surface area contributed by atoms with Crippen LogP contribution < -0.4 is 5.32 Å². The first-order valence-electron chi connectivity index (χ1n) is 7.38. The monoisotopic (exact) mass is 239 g/mol. The van der Waals surface area contributed by atoms with Gasteiger partial charge in [0, 0.05) is 25.4 Å². The number of hydrogen-bond donors (Lipinski definition) is 1. The van der Waals surface area contributed by atoms with Gasteiger partial charge < -0.3 is 14.8 Å². The lowest BCUT2D eigenvalue weighted by atomic mass is 9.82. The van der Waals surface area contributed by atoms with Crippen LogP contribution in [0.1, 0.15) is 51.4 Å². The second-order valence-corrected chi connectivity index (χ2v) is 5.95. The molecule has 1 atom stereocenters. The van der Waals surface area contributed by atoms with Gasteiger partial charge in [-0.1, -0.05) is 32.1 Å². The van der Waals surface area contributed by atoms with Gasteiger partial charge in [0.15, 0.2) is 5.79 Å². The van der Waals surface area contributed by atoms with Crippen LogP contribution in [0, 0.1) is 5.92 Å². The molecular weight excluding hydrogens is 214 g/mol. The third kappa shape index (κ3) is 2.83. The van der Waals surface area contributed by atoms with E-state index in [-0.39, 0.29) is 5.79 Å². The highest BCUT2D eigenvalue weighted by Crippen LogP contribution is 2.35. The molecule has 2 saturated heterocycles. The Morgan fingerprint density at radius 2 is 1.82 bits per heavy atom. The molecule has 0 radical (unpaired) electrons. The van der Waals surface area contributed by atoms with Crippen molar-refractivity contribution in [3.63, 3.8) is 0 Å². The summed E-state index contributed by atoms with van der Waals surface area (Å²) in [6.07, 6.45) is 10.6. The Morgan fingerprint density at radius 3 is 2.59 bits per heavy atom. The fourth-order valence-electron chi connectivity index (χ4n) is 3.77. The molecule has 1 saturated carbocycles. The van der Waals surface area contributed by atoms with Crippen molar-refractivity contribution in [3.05, 3.63) is 0 Å². The van der Waals surface area contributed by atoms with Crippen LogP contribution in [0.3, 0.4) is 0 Å². The highest BCUT2D eigenvalue weighted by atomic mass is 16.7. The van der Waals surface area contributed by atoms with Gasteiger partial charge in [-0.15, -0.1) is 0 Å². The van der Waals surface area contributed by atoms with Crippen molar-refractivity contribution in [2.45, 2.75) is 63.2 Å². The van der Waals surface area contributed by atoms with Crippen LogP contribution in [-0.4, -0.2) is 31.6 Å². The average Bonchev–Trinajstić information content (AvgIpc) is 2.79. The first-order valence-corrected chi connectivity index (χ1v) is 7.38. The van der Waals surface area contributed by atoms with Crippen LogP contribution >= 0.6 is 0 Å². The van der Waals surface area contributed by atoms with E-state index in [1.54, 1.807) is 0 Å². The van der Waals surface area contributed by atoms with Gasteiger partial charge in [0.25, 0.3) is 0 Å². The third-order valence-electron chi connectivity index (χ3n) is 4.65. The molecule has 3 aliphatic rings. The highest BCUT2D eigenvalue weighted by molar-refractivity contribution is 4.88. The summed E-state index contributed by atoms with van der Waals surface area (Å²) < 4.78 is 11.7. The van der Waals surface area contributed by atoms with Gasteiger partial charge in [0.05, 0.1) is 13.2 Å². The molecule has 1 spiro atoms. The number of hydrogen-bond acceptors (Lipinski definition) is 3. The molecule has 0 amide bonds. The third-order valence-corrected chi connectivity index (χ3v) is 4.65. The fraction of sp³-hybridized carbons (Fsp3) is 1.00. The van der Waals surface area contributed by atoms with Gasteiger partial charge in [0.1, 0.15) is 0 Å². The minimum Gasteiger partial charge on any atom is -0.347 e. The molecule has 2 heterocycles. The van der Waals surface area contributed by atoms with E-state index in [0.29, 0.717) is 6.04 Å². The molecule has 0 aromatic heterocycles. The van der Waals surface area contributed by atoms with Crippen molar-refractivity contribution in [1.29, 1.82) is 0 Å². The summed E-state index contributed by atoms with van der Waals surface area (Å²) in [6.45, 7) is 2.63. The van der Waals surface area contributed by atoms with Crippen molar-refractivity contribution in [2.24, 2.45) is 5.92 Å². The quantitative estimate of drug-likeness (QED) is 0.803. The fourth-order valence-corrected chi connectivity index (χ4v) is 3.77. The van der Waals surface area contributed by atoms with E-state index in [1.807, 2.05) is 0 Å². The van der Waals surface area contributed by atoms with Crippen LogP contribution in [0.4, 0.5) is 0 Å². The SMILES string of the molecule is C1CCC(CC2CC3(CCN2)OCCO3)CC1. The molecular formula is C14H25NO2. The van der Waals surface area contributed by atoms with E-state index in [0.717, 1.165) is 38.5 Å². The van der Waals surface area contributed by atoms with Crippen LogP contribution in [0.2, 0.25) is 0 Å². The predicted octanol–water partition coefficient (Wildman–Crippen LogP) is 2.45. The van der Waals surface area contributed by atoms with Gasteiger partial charge in [-0.2, -0.15) is 0 Å². The lowest BCUT2D eigenvalue weighted by Crippen LogP contribution is -2.49. The highest BCUT2D eigenvalue weighted by Gasteiger charge is 2.41. The van der Waals surface area contributed by atoms with Crippen molar-refractivity contribution < 1.29 is 9.47 Å². The van der Waals surface area contributed by atoms with E-state index < -0.39 is 0 Å². The summed E-state index contributed by atoms with van der Waals surface area (Å²) in [5.41, 5.74) is 0. The Balaban J connectivity index is 1.52. The van der Waals surface area contributed by atoms with Crippen LogP contribution in [-0.2, 0) is 9.47 Å². The lowest BCUT2D eigenvalue weighted by molar-refractivity contribution is -0.180. The van der Waals surface area contributed by atoms with Crippen molar-refractivity contribution in [3.8, 4) is 0 Å². The molecule has 0 aromatic carbocycles. The summed E-state index contributed by atoms with van der Waals surface area (Å²) in [4.78, 5) is 0. The zero-order chi connectivity index (χ0) is 11.6. The predicted molar refractivity (Wildman–Crippen MR) is 66.9 cm³/mol. The minimum atomic E-state index is -0.218. The smallest absolute Gasteiger partial charge is 0.171 e. The number of piperidine rings is 1. The topological polar surface area (TPSA) is 30.5 Å². The van der Waals surface area contributed by atoms with Crippen LogP contribution in [0.25, 0.3) is 0 Å². The second kappa shape index (κ2) is 5.25. The lowest BCUT2D eigenvalue weighted by Gasteiger charge is -2.38. The number of rotatable bonds is 2. The molecule has 1 N–H and O–H groups in total. The first-order chi connectivity index (χ1) is 8.36. The van der Waals surface area contributed by atoms with Crippen molar-refractivity contribution in [2.75, 3.05) is 19.8 Å². The van der Waals surface area contributed by atoms with Gasteiger partial charge in [-0.3, -0.25) is 0 Å². The van der Waals surface area contributed by atoms with Crippen molar-refractivity contribution in [1.82, 2.24) is 5.32 Å². The minimum absolute atomic E-state index is 0.218. The summed E-state index contributed by atoms with van der Waals surface area (Å²) in [5, 5.41) is 3.66. The molecule has 3 fully saturated rings. The number of nitrogens with one attached hydrogen (secondary N) is 1. The molecule has 3 heteroatoms. The molecule has 1 unspecified atom stereocenters. The summed E-state index contributed by atoms with van der Waals surface area (Å²) in [7, 11) is 0. The van der Waals surface area contributed by atoms with Gasteiger partial charge in [-0.05, 0) is 12.3 Å². The van der Waals surface area contributed by atoms with Crippen molar-refractivity contribution >= 4 is 0 Å². The van der Waals surface area contributed by atoms with E-state index in [9.17, 15) is 0 Å². The summed E-state index contributed by atoms with van der Waals surface area (Å²) in [6, 6.07) is 0.616. The number of ether oxygens (including phenoxy) is 2. The largest absolute Gasteiger partial charge is 0.347 e. The average molecular weight is 239 g/mol. The van der Waals surface area contributed by atoms with E-state index in [2.05, 4.69) is 5.32 Å². The standard InChI is InChI=1S/C14H25NO2/c1-2-4-12(5-3-1)10-13-11-14(6-7-15-13)16-8-9-17-14/h12-13,15H,1-11H2. The molecule has 3 rings (SSSR count). The molecule has 2 aliphatic heterocycles. The van der Waals surface area contributed by atoms with E-state index in [4.69, 9.17) is 9.47 Å². The molecule has 0 bridgehead atoms. The first kappa shape index (κ1) is 11.9. The zero-order valence-electron chi connectivity index (χ0n) is 10.7. The molecule has 98 valence electrons. The molecule has 1 aliphatic carbocycles. The summed E-state index contributed by atoms with van der Waals surface area (Å²) >= 11 is 0. The van der Waals surface area contributed by atoms with Crippen LogP contribution in [0.15, 0.2) is 0 Å². The molecule has 3 nitrogen and oxygen atoms in total. The normalized spacial score (nSPS) is 34.2. The maximum Gasteiger partial charge on any atom is 0.171 e. The molecule has 0 aromatic rings. The van der Waals surface area contributed by atoms with Gasteiger partial charge in [0.2, 0.25) is 0 Å². The van der Waals surface area contributed by atoms with Gasteiger partial charge in [-0.25, -0.2) is 0 Å². The van der Waals surface area contributed by atoms with Crippen LogP contribution in [0.5, 0.6) is 0 Å². The van der Waals surface area contributed by atoms with Gasteiger partial charge >= 0.3 is 0 Å². The Hall–Kier alpha value is -0.120. The Morgan fingerprint density at radius 1 is 1.06 bits per heavy atom. The Kier molecular flexibility index (Phi) is 3.69. The maximum absolute atomic E-state index is 5.84. The second-order valence-electron chi connectivity index (χ2n) is 5.95. The zero-order valence-corrected chi connectivity index (χ0v) is 10.7. The molecule has 17 heavy (non-hydrogen) atoms. The van der Waals surface area contributed by atoms with E-state index >= 15 is 0 Å². The Bertz CT molecular complexity index is 245. The summed E-state index contributed by atoms with van der Waals surface area (Å²) in [5.74, 6) is 0.725. The van der Waals surface area contributed by atoms with E-state index in [1.165, 1.54) is 38.5 Å². The maximum atomic E-state index is 5.84. The Labute approximate surface area is 104 Å².